The van der Waals surface area contributed by atoms with Crippen LogP contribution in [0.3, 0.4) is 0 Å². The van der Waals surface area contributed by atoms with Crippen molar-refractivity contribution in [3.8, 4) is 0 Å². The molecule has 1 aliphatic heterocycles. The van der Waals surface area contributed by atoms with E-state index in [0.29, 0.717) is 23.6 Å². The lowest BCUT2D eigenvalue weighted by Gasteiger charge is -2.31. The second-order valence-corrected chi connectivity index (χ2v) is 9.60. The second-order valence-electron chi connectivity index (χ2n) is 9.60. The van der Waals surface area contributed by atoms with Gasteiger partial charge in [0.25, 0.3) is 5.56 Å². The summed E-state index contributed by atoms with van der Waals surface area (Å²) in [6.07, 6.45) is 9.28. The van der Waals surface area contributed by atoms with E-state index in [4.69, 9.17) is 15.7 Å². The lowest BCUT2D eigenvalue weighted by atomic mass is 9.87. The first kappa shape index (κ1) is 21.2. The third-order valence-corrected chi connectivity index (χ3v) is 7.18. The molecule has 1 saturated heterocycles. The van der Waals surface area contributed by atoms with Crippen molar-refractivity contribution in [1.29, 1.82) is 0 Å². The van der Waals surface area contributed by atoms with E-state index in [1.54, 1.807) is 4.57 Å². The minimum absolute atomic E-state index is 0.00296. The second kappa shape index (κ2) is 9.06. The summed E-state index contributed by atoms with van der Waals surface area (Å²) in [6, 6.07) is 10.4. The molecular weight excluding hydrogens is 400 g/mol. The number of imidazole rings is 1. The summed E-state index contributed by atoms with van der Waals surface area (Å²) in [4.78, 5) is 25.7. The Kier molecular flexibility index (Phi) is 6.00. The van der Waals surface area contributed by atoms with Crippen LogP contribution in [0.5, 0.6) is 0 Å². The lowest BCUT2D eigenvalue weighted by molar-refractivity contribution is 0.348. The molecule has 1 unspecified atom stereocenters. The van der Waals surface area contributed by atoms with Crippen LogP contribution >= 0.6 is 0 Å². The van der Waals surface area contributed by atoms with Crippen LogP contribution in [0.15, 0.2) is 35.1 Å². The van der Waals surface area contributed by atoms with E-state index in [0.717, 1.165) is 49.7 Å². The van der Waals surface area contributed by atoms with Crippen molar-refractivity contribution in [1.82, 2.24) is 19.1 Å². The summed E-state index contributed by atoms with van der Waals surface area (Å²) in [5.41, 5.74) is 8.59. The highest BCUT2D eigenvalue weighted by atomic mass is 16.1. The zero-order valence-corrected chi connectivity index (χ0v) is 19.0. The van der Waals surface area contributed by atoms with Gasteiger partial charge in [-0.1, -0.05) is 62.4 Å². The van der Waals surface area contributed by atoms with Crippen molar-refractivity contribution in [2.24, 2.45) is 18.7 Å². The zero-order chi connectivity index (χ0) is 22.1. The molecule has 0 amide bonds. The first-order valence-corrected chi connectivity index (χ1v) is 12.1. The van der Waals surface area contributed by atoms with Crippen molar-refractivity contribution in [3.63, 3.8) is 0 Å². The average molecular weight is 435 g/mol. The molecule has 32 heavy (non-hydrogen) atoms. The Hall–Kier alpha value is -2.67. The summed E-state index contributed by atoms with van der Waals surface area (Å²) in [6.45, 7) is 2.26. The summed E-state index contributed by atoms with van der Waals surface area (Å²) < 4.78 is 3.81. The van der Waals surface area contributed by atoms with Crippen LogP contribution in [0.1, 0.15) is 56.3 Å². The number of hydrogen-bond donors (Lipinski definition) is 1. The molecule has 1 aromatic carbocycles. The Labute approximate surface area is 189 Å². The Morgan fingerprint density at radius 3 is 2.56 bits per heavy atom. The van der Waals surface area contributed by atoms with Gasteiger partial charge >= 0.3 is 0 Å². The van der Waals surface area contributed by atoms with Crippen molar-refractivity contribution in [2.45, 2.75) is 64.0 Å². The molecule has 5 rings (SSSR count). The van der Waals surface area contributed by atoms with Gasteiger partial charge in [0, 0.05) is 32.6 Å². The molecule has 7 heteroatoms. The summed E-state index contributed by atoms with van der Waals surface area (Å²) in [5, 5.41) is 0. The lowest BCUT2D eigenvalue weighted by Crippen LogP contribution is -2.44. The van der Waals surface area contributed by atoms with Gasteiger partial charge in [0.2, 0.25) is 5.95 Å². The number of anilines is 1. The molecule has 1 aliphatic carbocycles. The molecule has 1 atom stereocenters. The fourth-order valence-electron chi connectivity index (χ4n) is 5.37. The van der Waals surface area contributed by atoms with Gasteiger partial charge in [-0.3, -0.25) is 13.9 Å². The maximum atomic E-state index is 13.6. The van der Waals surface area contributed by atoms with Gasteiger partial charge in [0.05, 0.1) is 6.54 Å². The summed E-state index contributed by atoms with van der Waals surface area (Å²) >= 11 is 0. The average Bonchev–Trinajstić information content (AvgIpc) is 3.17. The normalized spacial score (nSPS) is 20.2. The molecule has 3 aromatic rings. The van der Waals surface area contributed by atoms with Crippen LogP contribution in [0.2, 0.25) is 0 Å². The quantitative estimate of drug-likeness (QED) is 0.667. The molecule has 0 bridgehead atoms. The third kappa shape index (κ3) is 4.18. The molecule has 0 spiro atoms. The molecule has 3 heterocycles. The topological polar surface area (TPSA) is 82.0 Å². The highest BCUT2D eigenvalue weighted by molar-refractivity contribution is 5.74. The maximum Gasteiger partial charge on any atom is 0.279 e. The minimum atomic E-state index is -0.00296. The predicted molar refractivity (Wildman–Crippen MR) is 128 cm³/mol. The molecular formula is C25H34N6O. The van der Waals surface area contributed by atoms with E-state index < -0.39 is 0 Å². The first-order valence-electron chi connectivity index (χ1n) is 12.1. The van der Waals surface area contributed by atoms with Gasteiger partial charge in [-0.05, 0) is 24.3 Å². The highest BCUT2D eigenvalue weighted by Gasteiger charge is 2.26. The smallest absolute Gasteiger partial charge is 0.279 e. The fraction of sp³-hybridized carbons (Fsp3) is 0.560. The molecule has 2 aliphatic rings. The number of nitrogens with zero attached hydrogens (tertiary/aromatic N) is 5. The number of piperidine rings is 1. The van der Waals surface area contributed by atoms with Crippen LogP contribution in [0.4, 0.5) is 5.95 Å². The van der Waals surface area contributed by atoms with Crippen molar-refractivity contribution >= 4 is 17.1 Å². The van der Waals surface area contributed by atoms with Crippen molar-refractivity contribution < 1.29 is 0 Å². The Balaban J connectivity index is 1.59. The third-order valence-electron chi connectivity index (χ3n) is 7.18. The molecule has 2 N–H and O–H groups in total. The highest BCUT2D eigenvalue weighted by Crippen LogP contribution is 2.28. The number of nitrogens with two attached hydrogens (primary N) is 1. The van der Waals surface area contributed by atoms with Gasteiger partial charge in [-0.15, -0.1) is 0 Å². The molecule has 2 fully saturated rings. The van der Waals surface area contributed by atoms with Gasteiger partial charge in [0.15, 0.2) is 11.2 Å². The number of aromatic nitrogens is 4. The number of rotatable bonds is 5. The standard InChI is InChI=1S/C25H34N6O/c1-29-21(15-18-9-4-2-5-10-18)27-23-22(24(29)32)31(16-19-11-6-3-7-12-19)25(28-23)30-14-8-13-20(26)17-30/h3,6-7,11-12,18,20H,2,4-5,8-10,13-17,26H2,1H3. The Bertz CT molecular complexity index is 1130. The number of hydrogen-bond acceptors (Lipinski definition) is 5. The van der Waals surface area contributed by atoms with E-state index in [1.807, 2.05) is 25.2 Å². The summed E-state index contributed by atoms with van der Waals surface area (Å²) in [5.74, 6) is 2.30. The van der Waals surface area contributed by atoms with E-state index in [1.165, 1.54) is 32.1 Å². The Morgan fingerprint density at radius 2 is 1.81 bits per heavy atom. The van der Waals surface area contributed by atoms with Crippen LogP contribution in [0, 0.1) is 5.92 Å². The van der Waals surface area contributed by atoms with Crippen molar-refractivity contribution in [2.75, 3.05) is 18.0 Å². The van der Waals surface area contributed by atoms with Crippen molar-refractivity contribution in [3.05, 3.63) is 52.1 Å². The number of fused-ring (bicyclic) bond motifs is 1. The van der Waals surface area contributed by atoms with Gasteiger partial charge < -0.3 is 10.6 Å². The van der Waals surface area contributed by atoms with Gasteiger partial charge in [-0.2, -0.15) is 4.98 Å². The van der Waals surface area contributed by atoms with Crippen LogP contribution < -0.4 is 16.2 Å². The minimum Gasteiger partial charge on any atom is -0.341 e. The largest absolute Gasteiger partial charge is 0.341 e. The van der Waals surface area contributed by atoms with Crippen LogP contribution in [0.25, 0.3) is 11.2 Å². The SMILES string of the molecule is Cn1c(CC2CCCCC2)nc2nc(N3CCCC(N)C3)n(Cc3ccccc3)c2c1=O. The molecule has 0 radical (unpaired) electrons. The van der Waals surface area contributed by atoms with Gasteiger partial charge in [-0.25, -0.2) is 4.98 Å². The predicted octanol–water partition coefficient (Wildman–Crippen LogP) is 3.23. The molecule has 1 saturated carbocycles. The number of benzene rings is 1. The van der Waals surface area contributed by atoms with E-state index in [9.17, 15) is 4.79 Å². The monoisotopic (exact) mass is 434 g/mol. The molecule has 7 nitrogen and oxygen atoms in total. The Morgan fingerprint density at radius 1 is 1.03 bits per heavy atom. The van der Waals surface area contributed by atoms with Crippen LogP contribution in [-0.2, 0) is 20.0 Å². The fourth-order valence-corrected chi connectivity index (χ4v) is 5.37. The molecule has 170 valence electrons. The maximum absolute atomic E-state index is 13.6. The summed E-state index contributed by atoms with van der Waals surface area (Å²) in [7, 11) is 1.86. The molecule has 2 aromatic heterocycles. The van der Waals surface area contributed by atoms with E-state index in [2.05, 4.69) is 21.6 Å². The first-order chi connectivity index (χ1) is 15.6. The zero-order valence-electron chi connectivity index (χ0n) is 19.0. The van der Waals surface area contributed by atoms with E-state index >= 15 is 0 Å². The van der Waals surface area contributed by atoms with Crippen LogP contribution in [-0.4, -0.2) is 38.2 Å². The van der Waals surface area contributed by atoms with E-state index in [-0.39, 0.29) is 11.6 Å². The van der Waals surface area contributed by atoms with Gasteiger partial charge in [0.1, 0.15) is 5.82 Å².